The van der Waals surface area contributed by atoms with Gasteiger partial charge in [0.1, 0.15) is 0 Å². The Kier molecular flexibility index (Phi) is 5.91. The van der Waals surface area contributed by atoms with Crippen molar-refractivity contribution in [3.63, 3.8) is 0 Å². The first-order valence-electron chi connectivity index (χ1n) is 7.39. The van der Waals surface area contributed by atoms with Gasteiger partial charge in [-0.25, -0.2) is 0 Å². The van der Waals surface area contributed by atoms with E-state index in [1.165, 1.54) is 6.42 Å². The summed E-state index contributed by atoms with van der Waals surface area (Å²) in [5.41, 5.74) is 0.524. The lowest BCUT2D eigenvalue weighted by Gasteiger charge is -2.36. The summed E-state index contributed by atoms with van der Waals surface area (Å²) in [5.74, 6) is 0.801. The van der Waals surface area contributed by atoms with Crippen molar-refractivity contribution >= 4 is 27.5 Å². The topological polar surface area (TPSA) is 32.3 Å². The molecule has 0 saturated heterocycles. The number of hydrogen-bond acceptors (Lipinski definition) is 2. The summed E-state index contributed by atoms with van der Waals surface area (Å²) >= 11 is 9.62. The van der Waals surface area contributed by atoms with E-state index in [0.29, 0.717) is 13.1 Å². The third-order valence-corrected chi connectivity index (χ3v) is 5.25. The van der Waals surface area contributed by atoms with Gasteiger partial charge >= 0.3 is 0 Å². The van der Waals surface area contributed by atoms with Crippen LogP contribution in [0.3, 0.4) is 0 Å². The van der Waals surface area contributed by atoms with E-state index in [4.69, 9.17) is 11.6 Å². The lowest BCUT2D eigenvalue weighted by Crippen LogP contribution is -2.43. The summed E-state index contributed by atoms with van der Waals surface area (Å²) in [7, 11) is 0. The maximum atomic E-state index is 10.6. The predicted molar refractivity (Wildman–Crippen MR) is 88.1 cm³/mol. The van der Waals surface area contributed by atoms with Crippen molar-refractivity contribution in [3.05, 3.63) is 33.3 Å². The standard InChI is InChI=1S/C16H23BrClNO/c1-2-12-5-7-16(20,8-6-12)11-19-10-13-9-14(17)3-4-15(13)18/h3-4,9,12,19-20H,2,5-8,10-11H2,1H3. The average molecular weight is 361 g/mol. The van der Waals surface area contributed by atoms with Gasteiger partial charge in [0, 0.05) is 22.6 Å². The normalized spacial score (nSPS) is 26.7. The molecule has 1 fully saturated rings. The van der Waals surface area contributed by atoms with Gasteiger partial charge in [-0.05, 0) is 55.4 Å². The molecule has 1 aromatic rings. The highest BCUT2D eigenvalue weighted by Crippen LogP contribution is 2.33. The minimum absolute atomic E-state index is 0.538. The zero-order valence-corrected chi connectivity index (χ0v) is 14.3. The monoisotopic (exact) mass is 359 g/mol. The molecule has 0 amide bonds. The van der Waals surface area contributed by atoms with Gasteiger partial charge < -0.3 is 10.4 Å². The molecule has 0 spiro atoms. The maximum Gasteiger partial charge on any atom is 0.0771 e. The van der Waals surface area contributed by atoms with Crippen molar-refractivity contribution in [1.82, 2.24) is 5.32 Å². The van der Waals surface area contributed by atoms with E-state index < -0.39 is 5.60 Å². The van der Waals surface area contributed by atoms with Crippen molar-refractivity contribution < 1.29 is 5.11 Å². The second-order valence-corrected chi connectivity index (χ2v) is 7.24. The number of benzene rings is 1. The quantitative estimate of drug-likeness (QED) is 0.809. The molecule has 0 bridgehead atoms. The van der Waals surface area contributed by atoms with Gasteiger partial charge in [-0.15, -0.1) is 0 Å². The molecule has 0 radical (unpaired) electrons. The van der Waals surface area contributed by atoms with E-state index >= 15 is 0 Å². The van der Waals surface area contributed by atoms with Gasteiger partial charge in [0.2, 0.25) is 0 Å². The molecular weight excluding hydrogens is 338 g/mol. The summed E-state index contributed by atoms with van der Waals surface area (Å²) in [6.07, 6.45) is 5.34. The van der Waals surface area contributed by atoms with Gasteiger partial charge in [-0.2, -0.15) is 0 Å². The summed E-state index contributed by atoms with van der Waals surface area (Å²) in [6, 6.07) is 5.85. The van der Waals surface area contributed by atoms with Crippen LogP contribution in [0.4, 0.5) is 0 Å². The Morgan fingerprint density at radius 2 is 2.10 bits per heavy atom. The fourth-order valence-corrected chi connectivity index (χ4v) is 3.50. The summed E-state index contributed by atoms with van der Waals surface area (Å²) in [4.78, 5) is 0. The molecule has 1 aromatic carbocycles. The second kappa shape index (κ2) is 7.26. The van der Waals surface area contributed by atoms with E-state index in [2.05, 4.69) is 28.2 Å². The Labute approximate surface area is 135 Å². The minimum Gasteiger partial charge on any atom is -0.389 e. The van der Waals surface area contributed by atoms with Crippen molar-refractivity contribution in [2.75, 3.05) is 6.54 Å². The van der Waals surface area contributed by atoms with Crippen LogP contribution in [-0.2, 0) is 6.54 Å². The summed E-state index contributed by atoms with van der Waals surface area (Å²) in [5, 5.41) is 14.7. The molecule has 1 saturated carbocycles. The van der Waals surface area contributed by atoms with E-state index in [1.54, 1.807) is 0 Å². The Hall–Kier alpha value is -0.0900. The molecule has 1 aliphatic rings. The molecule has 2 nitrogen and oxygen atoms in total. The molecule has 2 rings (SSSR count). The largest absolute Gasteiger partial charge is 0.389 e. The number of aliphatic hydroxyl groups is 1. The molecule has 0 unspecified atom stereocenters. The third kappa shape index (κ3) is 4.45. The maximum absolute atomic E-state index is 10.6. The fourth-order valence-electron chi connectivity index (χ4n) is 2.91. The lowest BCUT2D eigenvalue weighted by molar-refractivity contribution is -0.00881. The molecule has 1 aliphatic carbocycles. The Morgan fingerprint density at radius 3 is 2.75 bits per heavy atom. The number of halogens is 2. The molecule has 2 N–H and O–H groups in total. The Morgan fingerprint density at radius 1 is 1.40 bits per heavy atom. The molecule has 0 heterocycles. The molecule has 112 valence electrons. The van der Waals surface area contributed by atoms with Gasteiger partial charge in [0.25, 0.3) is 0 Å². The Balaban J connectivity index is 1.82. The van der Waals surface area contributed by atoms with Crippen LogP contribution in [0.15, 0.2) is 22.7 Å². The molecule has 20 heavy (non-hydrogen) atoms. The number of hydrogen-bond donors (Lipinski definition) is 2. The molecule has 0 atom stereocenters. The lowest BCUT2D eigenvalue weighted by atomic mass is 9.78. The van der Waals surface area contributed by atoms with Crippen LogP contribution < -0.4 is 5.32 Å². The predicted octanol–water partition coefficient (Wildman–Crippen LogP) is 4.52. The molecule has 0 aromatic heterocycles. The number of nitrogens with one attached hydrogen (secondary N) is 1. The van der Waals surface area contributed by atoms with Gasteiger partial charge in [0.15, 0.2) is 0 Å². The van der Waals surface area contributed by atoms with Crippen LogP contribution in [0.1, 0.15) is 44.6 Å². The highest BCUT2D eigenvalue weighted by molar-refractivity contribution is 9.10. The minimum atomic E-state index is -0.538. The van der Waals surface area contributed by atoms with E-state index in [1.807, 2.05) is 18.2 Å². The fraction of sp³-hybridized carbons (Fsp3) is 0.625. The average Bonchev–Trinajstić information content (AvgIpc) is 2.43. The van der Waals surface area contributed by atoms with Crippen molar-refractivity contribution in [2.45, 2.75) is 51.2 Å². The highest BCUT2D eigenvalue weighted by atomic mass is 79.9. The van der Waals surface area contributed by atoms with E-state index in [-0.39, 0.29) is 0 Å². The van der Waals surface area contributed by atoms with Crippen LogP contribution in [-0.4, -0.2) is 17.3 Å². The van der Waals surface area contributed by atoms with Gasteiger partial charge in [-0.1, -0.05) is 40.9 Å². The summed E-state index contributed by atoms with van der Waals surface area (Å²) < 4.78 is 1.03. The van der Waals surface area contributed by atoms with Crippen LogP contribution in [0.2, 0.25) is 5.02 Å². The first-order chi connectivity index (χ1) is 9.52. The highest BCUT2D eigenvalue weighted by Gasteiger charge is 2.32. The van der Waals surface area contributed by atoms with Crippen LogP contribution in [0, 0.1) is 5.92 Å². The van der Waals surface area contributed by atoms with Crippen LogP contribution in [0.25, 0.3) is 0 Å². The third-order valence-electron chi connectivity index (χ3n) is 4.39. The zero-order chi connectivity index (χ0) is 14.6. The summed E-state index contributed by atoms with van der Waals surface area (Å²) in [6.45, 7) is 3.58. The molecule has 4 heteroatoms. The van der Waals surface area contributed by atoms with Crippen LogP contribution in [0.5, 0.6) is 0 Å². The Bertz CT molecular complexity index is 444. The van der Waals surface area contributed by atoms with Crippen LogP contribution >= 0.6 is 27.5 Å². The van der Waals surface area contributed by atoms with E-state index in [9.17, 15) is 5.11 Å². The first kappa shape index (κ1) is 16.3. The molecule has 0 aliphatic heterocycles. The first-order valence-corrected chi connectivity index (χ1v) is 8.56. The van der Waals surface area contributed by atoms with Crippen molar-refractivity contribution in [3.8, 4) is 0 Å². The van der Waals surface area contributed by atoms with Crippen molar-refractivity contribution in [2.24, 2.45) is 5.92 Å². The SMILES string of the molecule is CCC1CCC(O)(CNCc2cc(Br)ccc2Cl)CC1. The zero-order valence-electron chi connectivity index (χ0n) is 12.0. The molecular formula is C16H23BrClNO. The second-order valence-electron chi connectivity index (χ2n) is 5.92. The van der Waals surface area contributed by atoms with Gasteiger partial charge in [-0.3, -0.25) is 0 Å². The van der Waals surface area contributed by atoms with Crippen molar-refractivity contribution in [1.29, 1.82) is 0 Å². The smallest absolute Gasteiger partial charge is 0.0771 e. The van der Waals surface area contributed by atoms with Gasteiger partial charge in [0.05, 0.1) is 5.60 Å². The number of rotatable bonds is 5. The van der Waals surface area contributed by atoms with E-state index in [0.717, 1.165) is 46.7 Å².